The molecule has 0 saturated carbocycles. The second-order valence-corrected chi connectivity index (χ2v) is 11.2. The zero-order valence-corrected chi connectivity index (χ0v) is 22.8. The van der Waals surface area contributed by atoms with Crippen LogP contribution in [0, 0.1) is 0 Å². The standard InChI is InChI=1S/C27H43N3O2S2/c1-3-5-7-9-11-15-21-28-25(31)19-20-26(32)30(22-16-12-10-8-6-4-2)34-27-29-23-17-13-14-18-24(23)33-27/h13-14,17-18H,3-12,15-16,19-22H2,1-2H3,(H,28,31). The first-order chi connectivity index (χ1) is 16.6. The fourth-order valence-corrected chi connectivity index (χ4v) is 5.93. The van der Waals surface area contributed by atoms with E-state index in [2.05, 4.69) is 30.2 Å². The number of rotatable bonds is 19. The molecule has 0 bridgehead atoms. The van der Waals surface area contributed by atoms with Crippen LogP contribution in [0.5, 0.6) is 0 Å². The first kappa shape index (κ1) is 28.6. The summed E-state index contributed by atoms with van der Waals surface area (Å²) in [4.78, 5) is 29.9. The smallest absolute Gasteiger partial charge is 0.233 e. The van der Waals surface area contributed by atoms with Crippen LogP contribution in [-0.2, 0) is 9.59 Å². The molecular formula is C27H43N3O2S2. The number of hydrogen-bond acceptors (Lipinski definition) is 5. The van der Waals surface area contributed by atoms with E-state index in [1.165, 1.54) is 63.3 Å². The van der Waals surface area contributed by atoms with Crippen molar-refractivity contribution in [3.63, 3.8) is 0 Å². The fraction of sp³-hybridized carbons (Fsp3) is 0.667. The van der Waals surface area contributed by atoms with E-state index in [9.17, 15) is 9.59 Å². The minimum atomic E-state index is -0.0218. The Hall–Kier alpha value is -1.60. The highest BCUT2D eigenvalue weighted by molar-refractivity contribution is 7.99. The average Bonchev–Trinajstić information content (AvgIpc) is 3.26. The van der Waals surface area contributed by atoms with Gasteiger partial charge in [0.05, 0.1) is 10.2 Å². The van der Waals surface area contributed by atoms with Gasteiger partial charge in [-0.3, -0.25) is 13.9 Å². The van der Waals surface area contributed by atoms with Gasteiger partial charge in [0.2, 0.25) is 11.8 Å². The molecule has 5 nitrogen and oxygen atoms in total. The summed E-state index contributed by atoms with van der Waals surface area (Å²) < 4.78 is 3.84. The number of unbranched alkanes of at least 4 members (excludes halogenated alkanes) is 10. The summed E-state index contributed by atoms with van der Waals surface area (Å²) in [7, 11) is 0. The summed E-state index contributed by atoms with van der Waals surface area (Å²) in [5, 5.41) is 2.98. The number of hydrogen-bond donors (Lipinski definition) is 1. The Morgan fingerprint density at radius 1 is 0.882 bits per heavy atom. The molecule has 7 heteroatoms. The largest absolute Gasteiger partial charge is 0.356 e. The van der Waals surface area contributed by atoms with Crippen molar-refractivity contribution in [1.82, 2.24) is 14.6 Å². The molecule has 0 atom stereocenters. The number of nitrogens with one attached hydrogen (secondary N) is 1. The second-order valence-electron chi connectivity index (χ2n) is 8.92. The number of nitrogens with zero attached hydrogens (tertiary/aromatic N) is 2. The van der Waals surface area contributed by atoms with Gasteiger partial charge in [-0.1, -0.05) is 90.2 Å². The maximum absolute atomic E-state index is 13.0. The minimum absolute atomic E-state index is 0.0209. The summed E-state index contributed by atoms with van der Waals surface area (Å²) in [6.45, 7) is 5.85. The molecule has 2 amide bonds. The summed E-state index contributed by atoms with van der Waals surface area (Å²) in [6.07, 6.45) is 14.8. The number of fused-ring (bicyclic) bond motifs is 1. The van der Waals surface area contributed by atoms with Gasteiger partial charge in [0.25, 0.3) is 0 Å². The van der Waals surface area contributed by atoms with E-state index in [0.29, 0.717) is 13.1 Å². The van der Waals surface area contributed by atoms with Crippen molar-refractivity contribution in [3.05, 3.63) is 24.3 Å². The summed E-state index contributed by atoms with van der Waals surface area (Å²) in [5.74, 6) is -0.000981. The van der Waals surface area contributed by atoms with Crippen molar-refractivity contribution in [1.29, 1.82) is 0 Å². The molecule has 2 aromatic rings. The van der Waals surface area contributed by atoms with E-state index >= 15 is 0 Å². The highest BCUT2D eigenvalue weighted by Gasteiger charge is 2.18. The highest BCUT2D eigenvalue weighted by atomic mass is 32.2. The van der Waals surface area contributed by atoms with Crippen LogP contribution in [0.15, 0.2) is 28.6 Å². The van der Waals surface area contributed by atoms with Gasteiger partial charge in [-0.05, 0) is 25.0 Å². The van der Waals surface area contributed by atoms with Crippen LogP contribution in [0.3, 0.4) is 0 Å². The molecule has 0 fully saturated rings. The van der Waals surface area contributed by atoms with Gasteiger partial charge < -0.3 is 5.32 Å². The lowest BCUT2D eigenvalue weighted by Crippen LogP contribution is -2.29. The van der Waals surface area contributed by atoms with Crippen LogP contribution in [0.4, 0.5) is 0 Å². The molecule has 0 aliphatic carbocycles. The van der Waals surface area contributed by atoms with Crippen molar-refractivity contribution < 1.29 is 9.59 Å². The van der Waals surface area contributed by atoms with Gasteiger partial charge in [-0.25, -0.2) is 4.98 Å². The Morgan fingerprint density at radius 2 is 1.53 bits per heavy atom. The van der Waals surface area contributed by atoms with E-state index in [0.717, 1.165) is 40.2 Å². The third kappa shape index (κ3) is 11.7. The molecule has 1 N–H and O–H groups in total. The zero-order chi connectivity index (χ0) is 24.4. The Bertz CT molecular complexity index is 807. The van der Waals surface area contributed by atoms with E-state index in [4.69, 9.17) is 0 Å². The van der Waals surface area contributed by atoms with Crippen molar-refractivity contribution in [2.45, 2.75) is 108 Å². The van der Waals surface area contributed by atoms with Crippen LogP contribution in [-0.4, -0.2) is 34.2 Å². The van der Waals surface area contributed by atoms with E-state index < -0.39 is 0 Å². The molecule has 0 spiro atoms. The second kappa shape index (κ2) is 17.8. The Morgan fingerprint density at radius 3 is 2.24 bits per heavy atom. The first-order valence-corrected chi connectivity index (χ1v) is 14.8. The van der Waals surface area contributed by atoms with E-state index in [1.807, 2.05) is 22.5 Å². The topological polar surface area (TPSA) is 62.3 Å². The van der Waals surface area contributed by atoms with E-state index in [1.54, 1.807) is 11.3 Å². The fourth-order valence-electron chi connectivity index (χ4n) is 3.81. The molecule has 1 aromatic heterocycles. The van der Waals surface area contributed by atoms with Crippen molar-refractivity contribution in [3.8, 4) is 0 Å². The number of carbonyl (C=O) groups is 2. The number of benzene rings is 1. The summed E-state index contributed by atoms with van der Waals surface area (Å²) in [6, 6.07) is 8.06. The van der Waals surface area contributed by atoms with Crippen LogP contribution < -0.4 is 5.32 Å². The molecule has 0 unspecified atom stereocenters. The maximum atomic E-state index is 13.0. The zero-order valence-electron chi connectivity index (χ0n) is 21.2. The number of para-hydroxylation sites is 1. The Kier molecular flexibility index (Phi) is 15.0. The van der Waals surface area contributed by atoms with Crippen molar-refractivity contribution in [2.75, 3.05) is 13.1 Å². The van der Waals surface area contributed by atoms with Gasteiger partial charge in [-0.2, -0.15) is 0 Å². The molecule has 1 aromatic carbocycles. The van der Waals surface area contributed by atoms with Crippen LogP contribution in [0.25, 0.3) is 10.2 Å². The molecule has 190 valence electrons. The van der Waals surface area contributed by atoms with Gasteiger partial charge in [0, 0.05) is 37.9 Å². The predicted octanol–water partition coefficient (Wildman–Crippen LogP) is 7.75. The van der Waals surface area contributed by atoms with Gasteiger partial charge in [0.1, 0.15) is 0 Å². The lowest BCUT2D eigenvalue weighted by atomic mass is 10.1. The summed E-state index contributed by atoms with van der Waals surface area (Å²) in [5.41, 5.74) is 0.969. The third-order valence-electron chi connectivity index (χ3n) is 5.87. The number of thiazole rings is 1. The van der Waals surface area contributed by atoms with Crippen molar-refractivity contribution >= 4 is 45.3 Å². The monoisotopic (exact) mass is 505 g/mol. The van der Waals surface area contributed by atoms with Gasteiger partial charge >= 0.3 is 0 Å². The quantitative estimate of drug-likeness (QED) is 0.157. The number of carbonyl (C=O) groups excluding carboxylic acids is 2. The van der Waals surface area contributed by atoms with Crippen LogP contribution in [0.2, 0.25) is 0 Å². The number of aromatic nitrogens is 1. The molecule has 0 aliphatic heterocycles. The van der Waals surface area contributed by atoms with E-state index in [-0.39, 0.29) is 24.7 Å². The first-order valence-electron chi connectivity index (χ1n) is 13.2. The minimum Gasteiger partial charge on any atom is -0.356 e. The predicted molar refractivity (Wildman–Crippen MR) is 146 cm³/mol. The van der Waals surface area contributed by atoms with Gasteiger partial charge in [-0.15, -0.1) is 11.3 Å². The summed E-state index contributed by atoms with van der Waals surface area (Å²) >= 11 is 3.05. The van der Waals surface area contributed by atoms with Crippen LogP contribution in [0.1, 0.15) is 104 Å². The molecule has 2 rings (SSSR count). The average molecular weight is 506 g/mol. The Balaban J connectivity index is 1.78. The maximum Gasteiger partial charge on any atom is 0.233 e. The lowest BCUT2D eigenvalue weighted by molar-refractivity contribution is -0.129. The molecule has 1 heterocycles. The van der Waals surface area contributed by atoms with Crippen LogP contribution >= 0.6 is 23.3 Å². The molecule has 0 radical (unpaired) electrons. The molecular weight excluding hydrogens is 462 g/mol. The normalized spacial score (nSPS) is 11.1. The highest BCUT2D eigenvalue weighted by Crippen LogP contribution is 2.32. The molecule has 0 aliphatic rings. The van der Waals surface area contributed by atoms with Gasteiger partial charge in [0.15, 0.2) is 4.34 Å². The Labute approximate surface area is 214 Å². The number of amides is 2. The molecule has 0 saturated heterocycles. The SMILES string of the molecule is CCCCCCCCNC(=O)CCC(=O)N(CCCCCCCC)Sc1nc2ccccc2s1. The lowest BCUT2D eigenvalue weighted by Gasteiger charge is -2.20. The van der Waals surface area contributed by atoms with Crippen molar-refractivity contribution in [2.24, 2.45) is 0 Å². The third-order valence-corrected chi connectivity index (χ3v) is 8.03. The molecule has 34 heavy (non-hydrogen) atoms.